The average Bonchev–Trinajstić information content (AvgIpc) is 2.79. The third-order valence-corrected chi connectivity index (χ3v) is 3.31. The molecule has 0 aliphatic heterocycles. The van der Waals surface area contributed by atoms with Crippen molar-refractivity contribution in [2.24, 2.45) is 12.8 Å². The Hall–Kier alpha value is -2.71. The summed E-state index contributed by atoms with van der Waals surface area (Å²) in [5.74, 6) is -0.599. The number of hydrogen-bond acceptors (Lipinski definition) is 4. The highest BCUT2D eigenvalue weighted by atomic mass is 19.4. The van der Waals surface area contributed by atoms with Gasteiger partial charge in [0.2, 0.25) is 0 Å². The van der Waals surface area contributed by atoms with Crippen molar-refractivity contribution in [1.29, 1.82) is 5.41 Å². The van der Waals surface area contributed by atoms with Gasteiger partial charge in [-0.25, -0.2) is 0 Å². The molecule has 9 heteroatoms. The summed E-state index contributed by atoms with van der Waals surface area (Å²) >= 11 is 0. The van der Waals surface area contributed by atoms with E-state index in [9.17, 15) is 18.3 Å². The molecule has 0 unspecified atom stereocenters. The van der Waals surface area contributed by atoms with Crippen LogP contribution in [0.2, 0.25) is 0 Å². The molecule has 0 atom stereocenters. The summed E-state index contributed by atoms with van der Waals surface area (Å²) in [6, 6.07) is 3.09. The van der Waals surface area contributed by atoms with Crippen molar-refractivity contribution >= 4 is 11.5 Å². The highest BCUT2D eigenvalue weighted by Crippen LogP contribution is 2.33. The van der Waals surface area contributed by atoms with E-state index in [-0.39, 0.29) is 34.9 Å². The summed E-state index contributed by atoms with van der Waals surface area (Å²) < 4.78 is 39.8. The van der Waals surface area contributed by atoms with E-state index in [0.29, 0.717) is 5.56 Å². The van der Waals surface area contributed by atoms with Gasteiger partial charge in [0.15, 0.2) is 5.69 Å². The lowest BCUT2D eigenvalue weighted by Crippen LogP contribution is -2.14. The first kappa shape index (κ1) is 16.7. The standard InChI is InChI=1S/C14H16F3N5O/c1-7-3-4-9(13(18)19)11(23)10(7)20-5-8-6-22(2)21-12(8)14(15,16)17/h3-4,6,20,23H,5H2,1-2H3,(H3,18,19). The Balaban J connectivity index is 2.32. The maximum Gasteiger partial charge on any atom is 0.435 e. The van der Waals surface area contributed by atoms with Crippen LogP contribution >= 0.6 is 0 Å². The normalized spacial score (nSPS) is 11.5. The van der Waals surface area contributed by atoms with Crippen LogP contribution in [0.3, 0.4) is 0 Å². The second kappa shape index (κ2) is 5.82. The summed E-state index contributed by atoms with van der Waals surface area (Å²) in [5, 5.41) is 23.7. The minimum Gasteiger partial charge on any atom is -0.505 e. The summed E-state index contributed by atoms with van der Waals surface area (Å²) in [6.07, 6.45) is -3.30. The van der Waals surface area contributed by atoms with Crippen LogP contribution in [0, 0.1) is 12.3 Å². The molecule has 124 valence electrons. The molecule has 23 heavy (non-hydrogen) atoms. The minimum atomic E-state index is -4.56. The molecule has 0 aliphatic carbocycles. The van der Waals surface area contributed by atoms with Crippen LogP contribution in [-0.2, 0) is 19.8 Å². The predicted molar refractivity (Wildman–Crippen MR) is 79.4 cm³/mol. The fourth-order valence-corrected chi connectivity index (χ4v) is 2.22. The number of alkyl halides is 3. The Bertz CT molecular complexity index is 752. The molecule has 0 saturated heterocycles. The zero-order valence-corrected chi connectivity index (χ0v) is 12.5. The molecular formula is C14H16F3N5O. The van der Waals surface area contributed by atoms with E-state index >= 15 is 0 Å². The highest BCUT2D eigenvalue weighted by molar-refractivity contribution is 5.99. The van der Waals surface area contributed by atoms with E-state index in [1.54, 1.807) is 13.0 Å². The minimum absolute atomic E-state index is 0.0490. The number of phenolic OH excluding ortho intramolecular Hbond substituents is 1. The number of halogens is 3. The fraction of sp³-hybridized carbons (Fsp3) is 0.286. The van der Waals surface area contributed by atoms with Crippen LogP contribution < -0.4 is 11.1 Å². The number of aromatic nitrogens is 2. The maximum absolute atomic E-state index is 12.9. The number of phenols is 1. The van der Waals surface area contributed by atoms with E-state index in [4.69, 9.17) is 11.1 Å². The lowest BCUT2D eigenvalue weighted by molar-refractivity contribution is -0.142. The Morgan fingerprint density at radius 2 is 2.09 bits per heavy atom. The Morgan fingerprint density at radius 3 is 2.65 bits per heavy atom. The van der Waals surface area contributed by atoms with Gasteiger partial charge < -0.3 is 16.2 Å². The first-order valence-electron chi connectivity index (χ1n) is 6.61. The van der Waals surface area contributed by atoms with Crippen LogP contribution in [0.5, 0.6) is 5.75 Å². The third-order valence-electron chi connectivity index (χ3n) is 3.31. The molecule has 0 radical (unpaired) electrons. The molecule has 0 saturated carbocycles. The number of aryl methyl sites for hydroxylation is 2. The average molecular weight is 327 g/mol. The van der Waals surface area contributed by atoms with Gasteiger partial charge >= 0.3 is 6.18 Å². The number of amidine groups is 1. The molecule has 0 bridgehead atoms. The molecule has 6 nitrogen and oxygen atoms in total. The number of nitrogens with one attached hydrogen (secondary N) is 2. The number of nitrogen functional groups attached to an aromatic ring is 1. The molecule has 0 aliphatic rings. The number of nitrogens with two attached hydrogens (primary N) is 1. The molecule has 0 spiro atoms. The molecule has 1 aromatic carbocycles. The SMILES string of the molecule is Cc1ccc(C(=N)N)c(O)c1NCc1cn(C)nc1C(F)(F)F. The summed E-state index contributed by atoms with van der Waals surface area (Å²) in [4.78, 5) is 0. The molecule has 2 aromatic rings. The zero-order valence-electron chi connectivity index (χ0n) is 12.5. The number of benzene rings is 1. The number of rotatable bonds is 4. The topological polar surface area (TPSA) is 100.0 Å². The van der Waals surface area contributed by atoms with Crippen LogP contribution in [-0.4, -0.2) is 20.7 Å². The third kappa shape index (κ3) is 3.38. The van der Waals surface area contributed by atoms with Crippen molar-refractivity contribution in [3.8, 4) is 5.75 Å². The fourth-order valence-electron chi connectivity index (χ4n) is 2.22. The lowest BCUT2D eigenvalue weighted by atomic mass is 10.1. The zero-order chi connectivity index (χ0) is 17.4. The molecule has 0 amide bonds. The number of anilines is 1. The number of nitrogens with zero attached hydrogens (tertiary/aromatic N) is 2. The Morgan fingerprint density at radius 1 is 1.43 bits per heavy atom. The van der Waals surface area contributed by atoms with Crippen LogP contribution in [0.25, 0.3) is 0 Å². The lowest BCUT2D eigenvalue weighted by Gasteiger charge is -2.14. The van der Waals surface area contributed by atoms with E-state index in [0.717, 1.165) is 4.68 Å². The molecular weight excluding hydrogens is 311 g/mol. The van der Waals surface area contributed by atoms with E-state index < -0.39 is 11.9 Å². The van der Waals surface area contributed by atoms with Gasteiger partial charge in [-0.2, -0.15) is 18.3 Å². The molecule has 0 fully saturated rings. The molecule has 1 aromatic heterocycles. The van der Waals surface area contributed by atoms with Crippen LogP contribution in [0.4, 0.5) is 18.9 Å². The van der Waals surface area contributed by atoms with Gasteiger partial charge in [-0.05, 0) is 18.6 Å². The van der Waals surface area contributed by atoms with Crippen molar-refractivity contribution in [3.63, 3.8) is 0 Å². The van der Waals surface area contributed by atoms with Gasteiger partial charge in [-0.1, -0.05) is 6.07 Å². The smallest absolute Gasteiger partial charge is 0.435 e. The van der Waals surface area contributed by atoms with Crippen LogP contribution in [0.1, 0.15) is 22.4 Å². The summed E-state index contributed by atoms with van der Waals surface area (Å²) in [7, 11) is 1.40. The molecule has 1 heterocycles. The van der Waals surface area contributed by atoms with Crippen molar-refractivity contribution in [2.75, 3.05) is 5.32 Å². The number of aromatic hydroxyl groups is 1. The first-order valence-corrected chi connectivity index (χ1v) is 6.61. The van der Waals surface area contributed by atoms with E-state index in [1.807, 2.05) is 0 Å². The van der Waals surface area contributed by atoms with Crippen molar-refractivity contribution < 1.29 is 18.3 Å². The van der Waals surface area contributed by atoms with Crippen molar-refractivity contribution in [2.45, 2.75) is 19.6 Å². The van der Waals surface area contributed by atoms with Crippen molar-refractivity contribution in [1.82, 2.24) is 9.78 Å². The maximum atomic E-state index is 12.9. The number of hydrogen-bond donors (Lipinski definition) is 4. The molecule has 5 N–H and O–H groups in total. The van der Waals surface area contributed by atoms with Crippen LogP contribution in [0.15, 0.2) is 18.3 Å². The van der Waals surface area contributed by atoms with Gasteiger partial charge in [0.05, 0.1) is 11.3 Å². The largest absolute Gasteiger partial charge is 0.505 e. The van der Waals surface area contributed by atoms with Crippen molar-refractivity contribution in [3.05, 3.63) is 40.7 Å². The summed E-state index contributed by atoms with van der Waals surface area (Å²) in [5.41, 5.74) is 5.29. The van der Waals surface area contributed by atoms with E-state index in [1.165, 1.54) is 19.3 Å². The first-order chi connectivity index (χ1) is 10.6. The quantitative estimate of drug-likeness (QED) is 0.393. The van der Waals surface area contributed by atoms with Gasteiger partial charge in [-0.15, -0.1) is 0 Å². The van der Waals surface area contributed by atoms with Gasteiger partial charge in [0.1, 0.15) is 11.6 Å². The predicted octanol–water partition coefficient (Wildman–Crippen LogP) is 2.35. The summed E-state index contributed by atoms with van der Waals surface area (Å²) in [6.45, 7) is 1.50. The van der Waals surface area contributed by atoms with Gasteiger partial charge in [0, 0.05) is 25.4 Å². The second-order valence-corrected chi connectivity index (χ2v) is 5.10. The second-order valence-electron chi connectivity index (χ2n) is 5.10. The highest BCUT2D eigenvalue weighted by Gasteiger charge is 2.36. The van der Waals surface area contributed by atoms with E-state index in [2.05, 4.69) is 10.4 Å². The Kier molecular flexibility index (Phi) is 4.22. The molecule has 2 rings (SSSR count). The monoisotopic (exact) mass is 327 g/mol. The van der Waals surface area contributed by atoms with Gasteiger partial charge in [0.25, 0.3) is 0 Å². The Labute approximate surface area is 130 Å². The van der Waals surface area contributed by atoms with Gasteiger partial charge in [-0.3, -0.25) is 10.1 Å².